The Balaban J connectivity index is 1.94. The Bertz CT molecular complexity index is 691. The van der Waals surface area contributed by atoms with Crippen LogP contribution in [0.15, 0.2) is 23.1 Å². The van der Waals surface area contributed by atoms with Gasteiger partial charge in [-0.2, -0.15) is 0 Å². The zero-order chi connectivity index (χ0) is 17.7. The first kappa shape index (κ1) is 19.1. The summed E-state index contributed by atoms with van der Waals surface area (Å²) < 4.78 is 50.5. The Labute approximate surface area is 145 Å². The fraction of sp³-hybridized carbons (Fsp3) is 0.533. The molecule has 1 saturated heterocycles. The number of amides is 1. The molecule has 134 valence electrons. The third-order valence-corrected chi connectivity index (χ3v) is 5.21. The molecule has 6 nitrogen and oxygen atoms in total. The Morgan fingerprint density at radius 1 is 1.50 bits per heavy atom. The topological polar surface area (TPSA) is 81.7 Å². The molecule has 2 rings (SSSR count). The van der Waals surface area contributed by atoms with Crippen molar-refractivity contribution >= 4 is 27.5 Å². The first-order chi connectivity index (χ1) is 11.3. The zero-order valence-corrected chi connectivity index (χ0v) is 14.7. The van der Waals surface area contributed by atoms with Gasteiger partial charge < -0.3 is 9.47 Å². The fourth-order valence-corrected chi connectivity index (χ4v) is 3.49. The van der Waals surface area contributed by atoms with E-state index in [-0.39, 0.29) is 17.7 Å². The van der Waals surface area contributed by atoms with Crippen LogP contribution in [0, 0.1) is 5.82 Å². The molecule has 1 fully saturated rings. The van der Waals surface area contributed by atoms with Gasteiger partial charge in [-0.1, -0.05) is 11.6 Å². The SMILES string of the molecule is C[C@H](OC[C@H]1CCCCO1)C(=O)NS(=O)(=O)c1ccc(Cl)cc1F. The third kappa shape index (κ3) is 5.14. The first-order valence-corrected chi connectivity index (χ1v) is 9.40. The highest BCUT2D eigenvalue weighted by Crippen LogP contribution is 2.19. The predicted molar refractivity (Wildman–Crippen MR) is 85.7 cm³/mol. The lowest BCUT2D eigenvalue weighted by atomic mass is 10.1. The summed E-state index contributed by atoms with van der Waals surface area (Å²) in [4.78, 5) is 11.3. The standard InChI is InChI=1S/C15H19ClFNO5S/c1-10(23-9-12-4-2-3-7-22-12)15(19)18-24(20,21)14-6-5-11(16)8-13(14)17/h5-6,8,10,12H,2-4,7,9H2,1H3,(H,18,19)/t10-,12+/m0/s1. The molecule has 1 N–H and O–H groups in total. The van der Waals surface area contributed by atoms with E-state index in [4.69, 9.17) is 21.1 Å². The van der Waals surface area contributed by atoms with Gasteiger partial charge in [0, 0.05) is 11.6 Å². The van der Waals surface area contributed by atoms with Gasteiger partial charge in [0.05, 0.1) is 12.7 Å². The highest BCUT2D eigenvalue weighted by molar-refractivity contribution is 7.90. The van der Waals surface area contributed by atoms with Crippen LogP contribution in [0.2, 0.25) is 5.02 Å². The molecule has 0 aromatic heterocycles. The number of carbonyl (C=O) groups excluding carboxylic acids is 1. The van der Waals surface area contributed by atoms with E-state index in [9.17, 15) is 17.6 Å². The Morgan fingerprint density at radius 3 is 2.88 bits per heavy atom. The number of rotatable bonds is 6. The number of ether oxygens (including phenoxy) is 2. The summed E-state index contributed by atoms with van der Waals surface area (Å²) in [5.74, 6) is -1.91. The smallest absolute Gasteiger partial charge is 0.267 e. The molecule has 0 unspecified atom stereocenters. The highest BCUT2D eigenvalue weighted by Gasteiger charge is 2.26. The molecule has 0 aliphatic carbocycles. The van der Waals surface area contributed by atoms with Crippen LogP contribution in [-0.4, -0.2) is 39.7 Å². The minimum absolute atomic E-state index is 0.0574. The predicted octanol–water partition coefficient (Wildman–Crippen LogP) is 2.26. The molecule has 0 radical (unpaired) electrons. The van der Waals surface area contributed by atoms with Gasteiger partial charge in [0.15, 0.2) is 0 Å². The number of benzene rings is 1. The maximum Gasteiger partial charge on any atom is 0.267 e. The van der Waals surface area contributed by atoms with E-state index >= 15 is 0 Å². The van der Waals surface area contributed by atoms with Crippen molar-refractivity contribution in [1.82, 2.24) is 4.72 Å². The minimum atomic E-state index is -4.34. The second kappa shape index (κ2) is 8.24. The maximum atomic E-state index is 13.7. The molecule has 0 bridgehead atoms. The van der Waals surface area contributed by atoms with Gasteiger partial charge in [-0.3, -0.25) is 4.79 Å². The van der Waals surface area contributed by atoms with Gasteiger partial charge >= 0.3 is 0 Å². The van der Waals surface area contributed by atoms with Crippen LogP contribution in [0.1, 0.15) is 26.2 Å². The molecule has 0 spiro atoms. The quantitative estimate of drug-likeness (QED) is 0.819. The summed E-state index contributed by atoms with van der Waals surface area (Å²) >= 11 is 5.58. The average molecular weight is 380 g/mol. The van der Waals surface area contributed by atoms with Crippen LogP contribution < -0.4 is 4.72 Å². The van der Waals surface area contributed by atoms with Crippen molar-refractivity contribution in [3.05, 3.63) is 29.0 Å². The molecular weight excluding hydrogens is 361 g/mol. The number of hydrogen-bond acceptors (Lipinski definition) is 5. The molecule has 1 heterocycles. The van der Waals surface area contributed by atoms with Crippen LogP contribution in [0.25, 0.3) is 0 Å². The molecule has 2 atom stereocenters. The van der Waals surface area contributed by atoms with Crippen molar-refractivity contribution in [2.45, 2.75) is 43.3 Å². The maximum absolute atomic E-state index is 13.7. The molecule has 0 saturated carbocycles. The summed E-state index contributed by atoms with van der Waals surface area (Å²) in [6, 6.07) is 3.08. The van der Waals surface area contributed by atoms with E-state index in [1.165, 1.54) is 13.0 Å². The molecule has 1 amide bonds. The van der Waals surface area contributed by atoms with E-state index < -0.39 is 32.7 Å². The molecule has 24 heavy (non-hydrogen) atoms. The van der Waals surface area contributed by atoms with E-state index in [2.05, 4.69) is 0 Å². The largest absolute Gasteiger partial charge is 0.376 e. The number of sulfonamides is 1. The van der Waals surface area contributed by atoms with Crippen molar-refractivity contribution in [3.8, 4) is 0 Å². The first-order valence-electron chi connectivity index (χ1n) is 7.54. The van der Waals surface area contributed by atoms with Gasteiger partial charge in [-0.05, 0) is 44.4 Å². The van der Waals surface area contributed by atoms with E-state index in [0.717, 1.165) is 31.4 Å². The lowest BCUT2D eigenvalue weighted by Crippen LogP contribution is -2.40. The lowest BCUT2D eigenvalue weighted by molar-refractivity contribution is -0.133. The van der Waals surface area contributed by atoms with Crippen LogP contribution in [0.4, 0.5) is 4.39 Å². The number of hydrogen-bond donors (Lipinski definition) is 1. The minimum Gasteiger partial charge on any atom is -0.376 e. The van der Waals surface area contributed by atoms with Crippen LogP contribution in [0.5, 0.6) is 0 Å². The average Bonchev–Trinajstić information content (AvgIpc) is 2.52. The van der Waals surface area contributed by atoms with Crippen molar-refractivity contribution in [2.24, 2.45) is 0 Å². The summed E-state index contributed by atoms with van der Waals surface area (Å²) in [5, 5.41) is 0.0574. The second-order valence-corrected chi connectivity index (χ2v) is 7.60. The van der Waals surface area contributed by atoms with Gasteiger partial charge in [0.2, 0.25) is 0 Å². The summed E-state index contributed by atoms with van der Waals surface area (Å²) in [5.41, 5.74) is 0. The summed E-state index contributed by atoms with van der Waals surface area (Å²) in [6.45, 7) is 2.27. The van der Waals surface area contributed by atoms with Gasteiger partial charge in [-0.25, -0.2) is 17.5 Å². The van der Waals surface area contributed by atoms with Crippen molar-refractivity contribution in [3.63, 3.8) is 0 Å². The Morgan fingerprint density at radius 2 is 2.25 bits per heavy atom. The third-order valence-electron chi connectivity index (χ3n) is 3.59. The number of halogens is 2. The number of carbonyl (C=O) groups is 1. The molecule has 1 aliphatic heterocycles. The lowest BCUT2D eigenvalue weighted by Gasteiger charge is -2.23. The van der Waals surface area contributed by atoms with Gasteiger partial charge in [-0.15, -0.1) is 0 Å². The van der Waals surface area contributed by atoms with Gasteiger partial charge in [0.1, 0.15) is 16.8 Å². The second-order valence-electron chi connectivity index (χ2n) is 5.51. The van der Waals surface area contributed by atoms with E-state index in [1.807, 2.05) is 0 Å². The molecule has 1 aromatic carbocycles. The van der Waals surface area contributed by atoms with Crippen LogP contribution >= 0.6 is 11.6 Å². The summed E-state index contributed by atoms with van der Waals surface area (Å²) in [6.07, 6.45) is 1.75. The molecular formula is C15H19ClFNO5S. The Kier molecular flexibility index (Phi) is 6.56. The van der Waals surface area contributed by atoms with E-state index in [1.54, 1.807) is 4.72 Å². The van der Waals surface area contributed by atoms with Gasteiger partial charge in [0.25, 0.3) is 15.9 Å². The fourth-order valence-electron chi connectivity index (χ4n) is 2.23. The highest BCUT2D eigenvalue weighted by atomic mass is 35.5. The Hall–Kier alpha value is -1.22. The van der Waals surface area contributed by atoms with Crippen LogP contribution in [0.3, 0.4) is 0 Å². The normalized spacial score (nSPS) is 19.7. The molecule has 1 aliphatic rings. The zero-order valence-electron chi connectivity index (χ0n) is 13.1. The van der Waals surface area contributed by atoms with E-state index in [0.29, 0.717) is 6.61 Å². The van der Waals surface area contributed by atoms with Crippen molar-refractivity contribution < 1.29 is 27.1 Å². The monoisotopic (exact) mass is 379 g/mol. The number of nitrogens with one attached hydrogen (secondary N) is 1. The van der Waals surface area contributed by atoms with Crippen LogP contribution in [-0.2, 0) is 24.3 Å². The molecule has 1 aromatic rings. The summed E-state index contributed by atoms with van der Waals surface area (Å²) in [7, 11) is -4.34. The van der Waals surface area contributed by atoms with Crippen molar-refractivity contribution in [2.75, 3.05) is 13.2 Å². The van der Waals surface area contributed by atoms with Crippen molar-refractivity contribution in [1.29, 1.82) is 0 Å². The molecule has 9 heteroatoms.